The molecule has 2 aromatic rings. The van der Waals surface area contributed by atoms with Gasteiger partial charge in [0.2, 0.25) is 17.2 Å². The van der Waals surface area contributed by atoms with Crippen LogP contribution in [0.25, 0.3) is 0 Å². The monoisotopic (exact) mass is 340 g/mol. The van der Waals surface area contributed by atoms with Crippen LogP contribution in [0.3, 0.4) is 0 Å². The Kier molecular flexibility index (Phi) is 6.18. The van der Waals surface area contributed by atoms with E-state index in [2.05, 4.69) is 44.7 Å². The van der Waals surface area contributed by atoms with Gasteiger partial charge in [-0.15, -0.1) is 0 Å². The molecule has 0 fully saturated rings. The molecule has 6 nitrogen and oxygen atoms in total. The summed E-state index contributed by atoms with van der Waals surface area (Å²) >= 11 is 11.9. The van der Waals surface area contributed by atoms with Crippen LogP contribution in [0.1, 0.15) is 13.8 Å². The van der Waals surface area contributed by atoms with E-state index in [1.165, 1.54) is 0 Å². The highest BCUT2D eigenvalue weighted by Gasteiger charge is 2.05. The van der Waals surface area contributed by atoms with E-state index in [1.807, 2.05) is 12.1 Å². The van der Waals surface area contributed by atoms with Crippen molar-refractivity contribution in [3.8, 4) is 0 Å². The van der Waals surface area contributed by atoms with Gasteiger partial charge in [0, 0.05) is 29.8 Å². The standard InChI is InChI=1S/C14H18Cl2N6/c1-9(2)17-6-7-18-13-20-12(16)21-14(22-13)19-11-5-3-4-10(15)8-11/h3-5,8-9,17H,6-7H2,1-2H3,(H2,18,19,20,21,22). The average molecular weight is 341 g/mol. The summed E-state index contributed by atoms with van der Waals surface area (Å²) in [5.41, 5.74) is 0.780. The van der Waals surface area contributed by atoms with Crippen LogP contribution in [0.4, 0.5) is 17.6 Å². The van der Waals surface area contributed by atoms with Crippen molar-refractivity contribution in [1.29, 1.82) is 0 Å². The molecule has 118 valence electrons. The summed E-state index contributed by atoms with van der Waals surface area (Å²) in [5, 5.41) is 10.2. The summed E-state index contributed by atoms with van der Waals surface area (Å²) in [5.74, 6) is 0.789. The second-order valence-corrected chi connectivity index (χ2v) is 5.70. The Balaban J connectivity index is 2.00. The number of hydrogen-bond acceptors (Lipinski definition) is 6. The number of aromatic nitrogens is 3. The Bertz CT molecular complexity index is 620. The van der Waals surface area contributed by atoms with Crippen LogP contribution in [0.5, 0.6) is 0 Å². The van der Waals surface area contributed by atoms with Crippen LogP contribution in [0.2, 0.25) is 10.3 Å². The molecule has 0 aliphatic carbocycles. The topological polar surface area (TPSA) is 74.8 Å². The molecule has 0 saturated heterocycles. The minimum atomic E-state index is 0.124. The first kappa shape index (κ1) is 16.7. The number of rotatable bonds is 7. The van der Waals surface area contributed by atoms with Crippen LogP contribution in [0, 0.1) is 0 Å². The maximum absolute atomic E-state index is 5.95. The van der Waals surface area contributed by atoms with E-state index in [-0.39, 0.29) is 5.28 Å². The van der Waals surface area contributed by atoms with Crippen molar-refractivity contribution in [3.63, 3.8) is 0 Å². The summed E-state index contributed by atoms with van der Waals surface area (Å²) in [6, 6.07) is 7.71. The van der Waals surface area contributed by atoms with E-state index < -0.39 is 0 Å². The fourth-order valence-corrected chi connectivity index (χ4v) is 2.07. The zero-order valence-electron chi connectivity index (χ0n) is 12.4. The summed E-state index contributed by atoms with van der Waals surface area (Å²) in [4.78, 5) is 12.4. The zero-order valence-corrected chi connectivity index (χ0v) is 13.9. The second kappa shape index (κ2) is 8.12. The Morgan fingerprint density at radius 2 is 1.82 bits per heavy atom. The molecule has 22 heavy (non-hydrogen) atoms. The molecule has 0 saturated carbocycles. The lowest BCUT2D eigenvalue weighted by atomic mass is 10.3. The molecular formula is C14H18Cl2N6. The maximum atomic E-state index is 5.95. The van der Waals surface area contributed by atoms with E-state index in [9.17, 15) is 0 Å². The molecule has 0 atom stereocenters. The summed E-state index contributed by atoms with van der Waals surface area (Å²) in [6.45, 7) is 5.67. The Morgan fingerprint density at radius 3 is 2.55 bits per heavy atom. The number of anilines is 3. The van der Waals surface area contributed by atoms with Crippen molar-refractivity contribution in [2.45, 2.75) is 19.9 Å². The van der Waals surface area contributed by atoms with Crippen molar-refractivity contribution in [2.75, 3.05) is 23.7 Å². The third kappa shape index (κ3) is 5.63. The third-order valence-electron chi connectivity index (χ3n) is 2.65. The van der Waals surface area contributed by atoms with Crippen molar-refractivity contribution >= 4 is 40.8 Å². The highest BCUT2D eigenvalue weighted by molar-refractivity contribution is 6.30. The van der Waals surface area contributed by atoms with Gasteiger partial charge >= 0.3 is 0 Å². The smallest absolute Gasteiger partial charge is 0.233 e. The second-order valence-electron chi connectivity index (χ2n) is 4.92. The molecule has 1 aromatic carbocycles. The molecule has 1 heterocycles. The Labute approximate surface area is 139 Å². The molecular weight excluding hydrogens is 323 g/mol. The molecule has 0 spiro atoms. The molecule has 0 amide bonds. The van der Waals surface area contributed by atoms with Crippen molar-refractivity contribution in [2.24, 2.45) is 0 Å². The van der Waals surface area contributed by atoms with Gasteiger partial charge in [0.25, 0.3) is 0 Å². The summed E-state index contributed by atoms with van der Waals surface area (Å²) in [6.07, 6.45) is 0. The normalized spacial score (nSPS) is 10.8. The van der Waals surface area contributed by atoms with Crippen molar-refractivity contribution in [1.82, 2.24) is 20.3 Å². The zero-order chi connectivity index (χ0) is 15.9. The molecule has 0 bridgehead atoms. The van der Waals surface area contributed by atoms with Gasteiger partial charge in [-0.1, -0.05) is 31.5 Å². The van der Waals surface area contributed by atoms with Crippen LogP contribution in [-0.4, -0.2) is 34.1 Å². The Hall–Kier alpha value is -1.63. The molecule has 1 aromatic heterocycles. The molecule has 0 unspecified atom stereocenters. The van der Waals surface area contributed by atoms with Crippen LogP contribution in [-0.2, 0) is 0 Å². The predicted octanol–water partition coefficient (Wildman–Crippen LogP) is 3.33. The van der Waals surface area contributed by atoms with Crippen LogP contribution < -0.4 is 16.0 Å². The number of hydrogen-bond donors (Lipinski definition) is 3. The molecule has 2 rings (SSSR count). The van der Waals surface area contributed by atoms with Crippen LogP contribution in [0.15, 0.2) is 24.3 Å². The quantitative estimate of drug-likeness (QED) is 0.671. The summed E-state index contributed by atoms with van der Waals surface area (Å²) in [7, 11) is 0. The van der Waals surface area contributed by atoms with Gasteiger partial charge in [0.15, 0.2) is 0 Å². The number of nitrogens with zero attached hydrogens (tertiary/aromatic N) is 3. The van der Waals surface area contributed by atoms with Gasteiger partial charge in [0.1, 0.15) is 0 Å². The van der Waals surface area contributed by atoms with E-state index in [4.69, 9.17) is 23.2 Å². The number of halogens is 2. The van der Waals surface area contributed by atoms with Gasteiger partial charge < -0.3 is 16.0 Å². The molecule has 0 radical (unpaired) electrons. The first-order valence-electron chi connectivity index (χ1n) is 6.94. The largest absolute Gasteiger partial charge is 0.353 e. The van der Waals surface area contributed by atoms with E-state index in [0.717, 1.165) is 12.2 Å². The first-order chi connectivity index (χ1) is 10.5. The molecule has 3 N–H and O–H groups in total. The highest BCUT2D eigenvalue weighted by Crippen LogP contribution is 2.19. The lowest BCUT2D eigenvalue weighted by Crippen LogP contribution is -2.28. The lowest BCUT2D eigenvalue weighted by molar-refractivity contribution is 0.601. The van der Waals surface area contributed by atoms with Gasteiger partial charge in [0.05, 0.1) is 0 Å². The lowest BCUT2D eigenvalue weighted by Gasteiger charge is -2.10. The minimum Gasteiger partial charge on any atom is -0.353 e. The van der Waals surface area contributed by atoms with E-state index in [0.29, 0.717) is 29.5 Å². The number of nitrogens with one attached hydrogen (secondary N) is 3. The first-order valence-corrected chi connectivity index (χ1v) is 7.70. The molecule has 0 aliphatic heterocycles. The van der Waals surface area contributed by atoms with Gasteiger partial charge in [-0.05, 0) is 29.8 Å². The third-order valence-corrected chi connectivity index (χ3v) is 3.05. The fourth-order valence-electron chi connectivity index (χ4n) is 1.72. The fraction of sp³-hybridized carbons (Fsp3) is 0.357. The Morgan fingerprint density at radius 1 is 1.05 bits per heavy atom. The van der Waals surface area contributed by atoms with Crippen LogP contribution >= 0.6 is 23.2 Å². The highest BCUT2D eigenvalue weighted by atomic mass is 35.5. The maximum Gasteiger partial charge on any atom is 0.233 e. The SMILES string of the molecule is CC(C)NCCNc1nc(Cl)nc(Nc2cccc(Cl)c2)n1. The minimum absolute atomic E-state index is 0.124. The summed E-state index contributed by atoms with van der Waals surface area (Å²) < 4.78 is 0. The van der Waals surface area contributed by atoms with E-state index >= 15 is 0 Å². The van der Waals surface area contributed by atoms with E-state index in [1.54, 1.807) is 12.1 Å². The van der Waals surface area contributed by atoms with Crippen molar-refractivity contribution < 1.29 is 0 Å². The molecule has 8 heteroatoms. The molecule has 0 aliphatic rings. The van der Waals surface area contributed by atoms with Gasteiger partial charge in [-0.3, -0.25) is 0 Å². The predicted molar refractivity (Wildman–Crippen MR) is 91.2 cm³/mol. The van der Waals surface area contributed by atoms with Crippen molar-refractivity contribution in [3.05, 3.63) is 34.6 Å². The number of benzene rings is 1. The van der Waals surface area contributed by atoms with Gasteiger partial charge in [-0.25, -0.2) is 0 Å². The van der Waals surface area contributed by atoms with Gasteiger partial charge in [-0.2, -0.15) is 15.0 Å². The average Bonchev–Trinajstić information content (AvgIpc) is 2.43.